The van der Waals surface area contributed by atoms with Crippen LogP contribution < -0.4 is 0 Å². The fourth-order valence-corrected chi connectivity index (χ4v) is 11.7. The molecule has 0 amide bonds. The van der Waals surface area contributed by atoms with Gasteiger partial charge >= 0.3 is 16.8 Å². The van der Waals surface area contributed by atoms with Gasteiger partial charge in [0.15, 0.2) is 0 Å². The Balaban J connectivity index is 0.00000676. The number of nitrogens with zero attached hydrogens (tertiary/aromatic N) is 1. The Hall–Kier alpha value is 0.386. The molecule has 1 nitrogen and oxygen atoms in total. The molecule has 0 saturated carbocycles. The molecule has 1 aliphatic heterocycles. The van der Waals surface area contributed by atoms with E-state index in [1.54, 1.807) is 0 Å². The van der Waals surface area contributed by atoms with Gasteiger partial charge in [-0.25, -0.2) is 0 Å². The van der Waals surface area contributed by atoms with Crippen molar-refractivity contribution in [2.75, 3.05) is 6.16 Å². The molecule has 0 atom stereocenters. The summed E-state index contributed by atoms with van der Waals surface area (Å²) in [6, 6.07) is 0. The summed E-state index contributed by atoms with van der Waals surface area (Å²) in [5, 5.41) is 6.50. The number of hydrogen-bond donors (Lipinski definition) is 0. The fourth-order valence-electron chi connectivity index (χ4n) is 4.22. The van der Waals surface area contributed by atoms with Crippen molar-refractivity contribution in [3.8, 4) is 0 Å². The molecule has 0 radical (unpaired) electrons. The van der Waals surface area contributed by atoms with Gasteiger partial charge in [0, 0.05) is 21.7 Å². The molecular weight excluding hydrogens is 411 g/mol. The molecule has 0 fully saturated rings. The van der Waals surface area contributed by atoms with Crippen LogP contribution >= 0.6 is 15.8 Å². The Kier molecular flexibility index (Phi) is 9.60. The van der Waals surface area contributed by atoms with Crippen molar-refractivity contribution >= 4 is 15.8 Å². The Morgan fingerprint density at radius 3 is 1.59 bits per heavy atom. The molecule has 159 valence electrons. The second kappa shape index (κ2) is 9.47. The number of rotatable bonds is 3. The first-order valence-corrected chi connectivity index (χ1v) is 13.3. The van der Waals surface area contributed by atoms with E-state index in [1.807, 2.05) is 0 Å². The van der Waals surface area contributed by atoms with E-state index in [0.29, 0.717) is 20.6 Å². The van der Waals surface area contributed by atoms with E-state index >= 15 is 0 Å². The fraction of sp³-hybridized carbons (Fsp3) is 0.739. The predicted octanol–water partition coefficient (Wildman–Crippen LogP) is 8.01. The van der Waals surface area contributed by atoms with E-state index in [2.05, 4.69) is 107 Å². The minimum atomic E-state index is -0.708. The van der Waals surface area contributed by atoms with Crippen molar-refractivity contribution in [3.63, 3.8) is 0 Å². The summed E-state index contributed by atoms with van der Waals surface area (Å²) in [4.78, 5) is 0. The van der Waals surface area contributed by atoms with E-state index in [4.69, 9.17) is 5.32 Å². The zero-order valence-corrected chi connectivity index (χ0v) is 22.9. The van der Waals surface area contributed by atoms with E-state index in [9.17, 15) is 0 Å². The summed E-state index contributed by atoms with van der Waals surface area (Å²) in [6.45, 7) is 28.7. The van der Waals surface area contributed by atoms with Crippen molar-refractivity contribution in [1.29, 1.82) is 0 Å². The SMILES string of the molecule is CC(C)(C)[PH+](/C=C1/C=CC=C(C[PH+](C(C)(C)C)C(C)(C)C)[N-]1)C(C)(C)C.[CoH+]. The van der Waals surface area contributed by atoms with E-state index in [-0.39, 0.29) is 16.8 Å². The quantitative estimate of drug-likeness (QED) is 0.382. The van der Waals surface area contributed by atoms with Gasteiger partial charge < -0.3 is 5.32 Å². The molecule has 0 unspecified atom stereocenters. The second-order valence-corrected chi connectivity index (χ2v) is 20.2. The van der Waals surface area contributed by atoms with Crippen LogP contribution in [0.2, 0.25) is 0 Å². The van der Waals surface area contributed by atoms with Crippen LogP contribution in [0.4, 0.5) is 0 Å². The van der Waals surface area contributed by atoms with E-state index in [1.165, 1.54) is 11.4 Å². The Morgan fingerprint density at radius 1 is 0.778 bits per heavy atom. The standard InChI is InChI=1S/C23H42NP2.Co.H/c1-20(2,3)25(21(4,5)6)16-18-14-13-15-19(24-18)17-26(22(7,8)9)23(10,11)12;;/h13-16H,17H2,1-12H3;;/q-1;+1;/p+2/b18-16-;;. The van der Waals surface area contributed by atoms with Gasteiger partial charge in [-0.15, -0.1) is 11.4 Å². The third kappa shape index (κ3) is 8.73. The number of allylic oxidation sites excluding steroid dienone is 4. The molecule has 4 heteroatoms. The van der Waals surface area contributed by atoms with Crippen LogP contribution in [-0.2, 0) is 16.8 Å². The van der Waals surface area contributed by atoms with Crippen LogP contribution in [0, 0.1) is 0 Å². The Labute approximate surface area is 183 Å². The van der Waals surface area contributed by atoms with Gasteiger partial charge in [0.1, 0.15) is 0 Å². The molecule has 0 N–H and O–H groups in total. The first kappa shape index (κ1) is 27.4. The monoisotopic (exact) mass is 456 g/mol. The van der Waals surface area contributed by atoms with E-state index < -0.39 is 15.8 Å². The molecule has 0 saturated heterocycles. The van der Waals surface area contributed by atoms with Crippen molar-refractivity contribution in [2.24, 2.45) is 0 Å². The summed E-state index contributed by atoms with van der Waals surface area (Å²) in [5.74, 6) is 2.51. The molecule has 0 bridgehead atoms. The molecule has 1 heterocycles. The summed E-state index contributed by atoms with van der Waals surface area (Å²) < 4.78 is 0. The first-order chi connectivity index (χ1) is 11.4. The minimum absolute atomic E-state index is 0. The molecule has 0 aromatic rings. The summed E-state index contributed by atoms with van der Waals surface area (Å²) >= 11 is 0. The van der Waals surface area contributed by atoms with Gasteiger partial charge in [-0.3, -0.25) is 0 Å². The van der Waals surface area contributed by atoms with E-state index in [0.717, 1.165) is 6.16 Å². The van der Waals surface area contributed by atoms with Crippen LogP contribution in [0.15, 0.2) is 35.4 Å². The van der Waals surface area contributed by atoms with Crippen LogP contribution in [0.3, 0.4) is 0 Å². The number of hydrogen-bond acceptors (Lipinski definition) is 0. The molecular formula is C23H45CoNP2+2. The topological polar surface area (TPSA) is 14.1 Å². The van der Waals surface area contributed by atoms with Crippen LogP contribution in [0.25, 0.3) is 5.32 Å². The molecule has 27 heavy (non-hydrogen) atoms. The summed E-state index contributed by atoms with van der Waals surface area (Å²) in [6.07, 6.45) is 7.79. The van der Waals surface area contributed by atoms with Crippen molar-refractivity contribution in [3.05, 3.63) is 40.8 Å². The average molecular weight is 457 g/mol. The average Bonchev–Trinajstić information content (AvgIpc) is 2.37. The molecule has 0 aliphatic carbocycles. The third-order valence-electron chi connectivity index (χ3n) is 4.91. The Morgan fingerprint density at radius 2 is 1.22 bits per heavy atom. The van der Waals surface area contributed by atoms with Gasteiger partial charge in [0.2, 0.25) is 0 Å². The van der Waals surface area contributed by atoms with Crippen LogP contribution in [0.5, 0.6) is 0 Å². The van der Waals surface area contributed by atoms with Gasteiger partial charge in [-0.2, -0.15) is 0 Å². The summed E-state index contributed by atoms with van der Waals surface area (Å²) in [7, 11) is -1.30. The molecule has 0 spiro atoms. The van der Waals surface area contributed by atoms with Crippen molar-refractivity contribution in [1.82, 2.24) is 0 Å². The maximum absolute atomic E-state index is 5.10. The molecule has 0 aromatic heterocycles. The zero-order valence-electron chi connectivity index (χ0n) is 19.8. The maximum atomic E-state index is 5.10. The van der Waals surface area contributed by atoms with Crippen LogP contribution in [-0.4, -0.2) is 26.8 Å². The first-order valence-electron chi connectivity index (χ1n) is 9.98. The molecule has 0 aromatic carbocycles. The zero-order chi connectivity index (χ0) is 20.6. The molecule has 1 aliphatic rings. The van der Waals surface area contributed by atoms with Gasteiger partial charge in [0.25, 0.3) is 0 Å². The Bertz CT molecular complexity index is 547. The second-order valence-electron chi connectivity index (χ2n) is 11.8. The van der Waals surface area contributed by atoms with Gasteiger partial charge in [0.05, 0.1) is 26.8 Å². The van der Waals surface area contributed by atoms with Crippen molar-refractivity contribution in [2.45, 2.75) is 104 Å². The van der Waals surface area contributed by atoms with Crippen LogP contribution in [0.1, 0.15) is 83.1 Å². The predicted molar refractivity (Wildman–Crippen MR) is 131 cm³/mol. The van der Waals surface area contributed by atoms with Gasteiger partial charge in [-0.1, -0.05) is 18.2 Å². The third-order valence-corrected chi connectivity index (χ3v) is 13.1. The van der Waals surface area contributed by atoms with Gasteiger partial charge in [-0.05, 0) is 83.1 Å². The van der Waals surface area contributed by atoms with Crippen molar-refractivity contribution < 1.29 is 16.8 Å². The summed E-state index contributed by atoms with van der Waals surface area (Å²) in [5.41, 5.74) is 2.46. The molecule has 1 rings (SSSR count). The normalized spacial score (nSPS) is 17.9.